The number of rotatable bonds is 3. The van der Waals surface area contributed by atoms with Crippen molar-refractivity contribution in [2.75, 3.05) is 12.3 Å². The number of hydrogen-bond donors (Lipinski definition) is 1. The van der Waals surface area contributed by atoms with Gasteiger partial charge in [0.15, 0.2) is 9.84 Å². The highest BCUT2D eigenvalue weighted by molar-refractivity contribution is 7.92. The van der Waals surface area contributed by atoms with Gasteiger partial charge in [-0.15, -0.1) is 0 Å². The summed E-state index contributed by atoms with van der Waals surface area (Å²) in [5.74, 6) is -0.524. The Hall–Kier alpha value is -1.43. The Kier molecular flexibility index (Phi) is 4.66. The van der Waals surface area contributed by atoms with Gasteiger partial charge in [-0.05, 0) is 49.9 Å². The van der Waals surface area contributed by atoms with Crippen LogP contribution in [0.2, 0.25) is 0 Å². The van der Waals surface area contributed by atoms with Crippen LogP contribution in [0.5, 0.6) is 0 Å². The molecule has 6 heteroatoms. The van der Waals surface area contributed by atoms with Crippen LogP contribution in [0, 0.1) is 19.7 Å². The van der Waals surface area contributed by atoms with Gasteiger partial charge in [0.05, 0.1) is 11.0 Å². The largest absolute Gasteiger partial charge is 0.351 e. The van der Waals surface area contributed by atoms with Gasteiger partial charge in [0.2, 0.25) is 0 Å². The van der Waals surface area contributed by atoms with Crippen LogP contribution in [0.25, 0.3) is 0 Å². The lowest BCUT2D eigenvalue weighted by molar-refractivity contribution is 0.0952. The normalized spacial score (nSPS) is 21.0. The van der Waals surface area contributed by atoms with E-state index in [2.05, 4.69) is 5.32 Å². The van der Waals surface area contributed by atoms with Crippen LogP contribution in [0.15, 0.2) is 12.1 Å². The molecular formula is C15H20FNO3S. The van der Waals surface area contributed by atoms with Gasteiger partial charge in [0.1, 0.15) is 5.82 Å². The molecule has 1 fully saturated rings. The quantitative estimate of drug-likeness (QED) is 0.930. The van der Waals surface area contributed by atoms with E-state index >= 15 is 0 Å². The van der Waals surface area contributed by atoms with Crippen molar-refractivity contribution in [1.29, 1.82) is 0 Å². The lowest BCUT2D eigenvalue weighted by atomic mass is 10.0. The van der Waals surface area contributed by atoms with E-state index in [0.717, 1.165) is 6.42 Å². The molecule has 1 aliphatic heterocycles. The van der Waals surface area contributed by atoms with Gasteiger partial charge in [0, 0.05) is 12.1 Å². The summed E-state index contributed by atoms with van der Waals surface area (Å²) in [5.41, 5.74) is 1.53. The van der Waals surface area contributed by atoms with Crippen molar-refractivity contribution in [3.63, 3.8) is 0 Å². The molecule has 1 amide bonds. The molecule has 21 heavy (non-hydrogen) atoms. The summed E-state index contributed by atoms with van der Waals surface area (Å²) in [5, 5.41) is 2.18. The maximum Gasteiger partial charge on any atom is 0.251 e. The van der Waals surface area contributed by atoms with E-state index in [4.69, 9.17) is 0 Å². The maximum atomic E-state index is 13.2. The molecule has 0 saturated carbocycles. The molecule has 1 aromatic rings. The van der Waals surface area contributed by atoms with Crippen molar-refractivity contribution < 1.29 is 17.6 Å². The highest BCUT2D eigenvalue weighted by atomic mass is 32.2. The number of halogens is 1. The van der Waals surface area contributed by atoms with E-state index in [1.165, 1.54) is 12.1 Å². The molecule has 2 rings (SSSR count). The number of nitrogens with one attached hydrogen (secondary N) is 1. The summed E-state index contributed by atoms with van der Waals surface area (Å²) in [6, 6.07) is 2.61. The summed E-state index contributed by atoms with van der Waals surface area (Å²) in [4.78, 5) is 12.2. The van der Waals surface area contributed by atoms with E-state index in [9.17, 15) is 17.6 Å². The minimum Gasteiger partial charge on any atom is -0.351 e. The van der Waals surface area contributed by atoms with Crippen LogP contribution in [-0.4, -0.2) is 31.9 Å². The number of hydrogen-bond acceptors (Lipinski definition) is 3. The van der Waals surface area contributed by atoms with Crippen molar-refractivity contribution in [2.24, 2.45) is 0 Å². The number of aryl methyl sites for hydroxylation is 2. The molecular weight excluding hydrogens is 293 g/mol. The first-order valence-electron chi connectivity index (χ1n) is 7.08. The van der Waals surface area contributed by atoms with Crippen molar-refractivity contribution in [3.8, 4) is 0 Å². The average Bonchev–Trinajstić information content (AvgIpc) is 2.35. The predicted molar refractivity (Wildman–Crippen MR) is 79.6 cm³/mol. The summed E-state index contributed by atoms with van der Waals surface area (Å²) < 4.78 is 37.1. The zero-order chi connectivity index (χ0) is 15.6. The van der Waals surface area contributed by atoms with Gasteiger partial charge in [-0.25, -0.2) is 12.8 Å². The highest BCUT2D eigenvalue weighted by Crippen LogP contribution is 2.20. The fourth-order valence-corrected chi connectivity index (χ4v) is 4.62. The molecule has 0 aromatic heterocycles. The molecule has 116 valence electrons. The van der Waals surface area contributed by atoms with Crippen molar-refractivity contribution in [1.82, 2.24) is 5.32 Å². The molecule has 0 bridgehead atoms. The van der Waals surface area contributed by atoms with Crippen molar-refractivity contribution in [2.45, 2.75) is 38.4 Å². The summed E-state index contributed by atoms with van der Waals surface area (Å²) in [6.07, 6.45) is 2.15. The highest BCUT2D eigenvalue weighted by Gasteiger charge is 2.29. The third kappa shape index (κ3) is 3.61. The third-order valence-corrected chi connectivity index (χ3v) is 6.20. The summed E-state index contributed by atoms with van der Waals surface area (Å²) in [7, 11) is -3.10. The van der Waals surface area contributed by atoms with Gasteiger partial charge in [0.25, 0.3) is 5.91 Å². The second-order valence-electron chi connectivity index (χ2n) is 5.61. The monoisotopic (exact) mass is 313 g/mol. The van der Waals surface area contributed by atoms with E-state index < -0.39 is 15.1 Å². The lowest BCUT2D eigenvalue weighted by Gasteiger charge is -2.22. The first-order valence-corrected chi connectivity index (χ1v) is 8.79. The Labute approximate surface area is 124 Å². The van der Waals surface area contributed by atoms with Gasteiger partial charge >= 0.3 is 0 Å². The topological polar surface area (TPSA) is 63.2 Å². The van der Waals surface area contributed by atoms with Crippen LogP contribution in [0.3, 0.4) is 0 Å². The number of carbonyl (C=O) groups is 1. The second-order valence-corrected chi connectivity index (χ2v) is 8.01. The van der Waals surface area contributed by atoms with E-state index in [0.29, 0.717) is 29.5 Å². The van der Waals surface area contributed by atoms with E-state index in [1.54, 1.807) is 13.8 Å². The first-order chi connectivity index (χ1) is 9.81. The van der Waals surface area contributed by atoms with Gasteiger partial charge in [-0.1, -0.05) is 6.42 Å². The number of carbonyl (C=O) groups excluding carboxylic acids is 1. The molecule has 4 nitrogen and oxygen atoms in total. The molecule has 1 N–H and O–H groups in total. The van der Waals surface area contributed by atoms with Gasteiger partial charge in [-0.2, -0.15) is 0 Å². The summed E-state index contributed by atoms with van der Waals surface area (Å²) in [6.45, 7) is 3.46. The van der Waals surface area contributed by atoms with E-state index in [-0.39, 0.29) is 24.0 Å². The Morgan fingerprint density at radius 2 is 1.90 bits per heavy atom. The smallest absolute Gasteiger partial charge is 0.251 e. The van der Waals surface area contributed by atoms with Crippen molar-refractivity contribution >= 4 is 15.7 Å². The van der Waals surface area contributed by atoms with Crippen LogP contribution in [0.1, 0.15) is 40.7 Å². The fourth-order valence-electron chi connectivity index (χ4n) is 2.81. The zero-order valence-electron chi connectivity index (χ0n) is 12.3. The molecule has 1 atom stereocenters. The maximum absolute atomic E-state index is 13.2. The van der Waals surface area contributed by atoms with Crippen LogP contribution >= 0.6 is 0 Å². The molecule has 1 heterocycles. The molecule has 1 saturated heterocycles. The first kappa shape index (κ1) is 15.9. The SMILES string of the molecule is Cc1cc(F)cc(C)c1C(=O)NCC1CCCCS1(=O)=O. The minimum atomic E-state index is -3.10. The second kappa shape index (κ2) is 6.13. The number of sulfone groups is 1. The molecule has 0 radical (unpaired) electrons. The van der Waals surface area contributed by atoms with Crippen LogP contribution in [0.4, 0.5) is 4.39 Å². The Bertz CT molecular complexity index is 632. The molecule has 0 spiro atoms. The molecule has 1 aliphatic rings. The average molecular weight is 313 g/mol. The minimum absolute atomic E-state index is 0.122. The van der Waals surface area contributed by atoms with Crippen LogP contribution in [-0.2, 0) is 9.84 Å². The number of benzene rings is 1. The summed E-state index contributed by atoms with van der Waals surface area (Å²) >= 11 is 0. The Morgan fingerprint density at radius 1 is 1.29 bits per heavy atom. The third-order valence-electron chi connectivity index (χ3n) is 3.93. The predicted octanol–water partition coefficient (Wildman–Crippen LogP) is 2.14. The number of amides is 1. The molecule has 1 unspecified atom stereocenters. The van der Waals surface area contributed by atoms with Gasteiger partial charge < -0.3 is 5.32 Å². The van der Waals surface area contributed by atoms with Crippen LogP contribution < -0.4 is 5.32 Å². The fraction of sp³-hybridized carbons (Fsp3) is 0.533. The standard InChI is InChI=1S/C15H20FNO3S/c1-10-7-12(16)8-11(2)14(10)15(18)17-9-13-5-3-4-6-21(13,19)20/h7-8,13H,3-6,9H2,1-2H3,(H,17,18). The lowest BCUT2D eigenvalue weighted by Crippen LogP contribution is -2.40. The van der Waals surface area contributed by atoms with Crippen molar-refractivity contribution in [3.05, 3.63) is 34.6 Å². The molecule has 0 aliphatic carbocycles. The zero-order valence-corrected chi connectivity index (χ0v) is 13.1. The van der Waals surface area contributed by atoms with Gasteiger partial charge in [-0.3, -0.25) is 4.79 Å². The van der Waals surface area contributed by atoms with E-state index in [1.807, 2.05) is 0 Å². The Balaban J connectivity index is 2.09. The molecule has 1 aromatic carbocycles. The Morgan fingerprint density at radius 3 is 2.48 bits per heavy atom.